The first-order valence-electron chi connectivity index (χ1n) is 6.62. The highest BCUT2D eigenvalue weighted by Gasteiger charge is 2.06. The fraction of sp³-hybridized carbons (Fsp3) is 0.286. The number of rotatable bonds is 8. The second-order valence-corrected chi connectivity index (χ2v) is 4.56. The number of amides is 1. The van der Waals surface area contributed by atoms with E-state index in [0.717, 1.165) is 5.56 Å². The molecule has 0 aliphatic rings. The van der Waals surface area contributed by atoms with Crippen LogP contribution < -0.4 is 5.32 Å². The standard InChI is InChI=1S/C14H16N4O4/c19-13(10-22-9-11-4-2-1-3-5-11)15-6-12-7-18(17-16-12)8-14(20)21/h1-5,7H,6,8-10H2,(H,15,19)(H,20,21). The van der Waals surface area contributed by atoms with E-state index in [1.165, 1.54) is 10.9 Å². The molecule has 0 bridgehead atoms. The van der Waals surface area contributed by atoms with Gasteiger partial charge in [-0.15, -0.1) is 5.10 Å². The fourth-order valence-electron chi connectivity index (χ4n) is 1.71. The zero-order valence-corrected chi connectivity index (χ0v) is 11.8. The van der Waals surface area contributed by atoms with Gasteiger partial charge in [0.05, 0.1) is 19.3 Å². The van der Waals surface area contributed by atoms with Gasteiger partial charge in [0.15, 0.2) is 0 Å². The monoisotopic (exact) mass is 304 g/mol. The topological polar surface area (TPSA) is 106 Å². The molecular formula is C14H16N4O4. The van der Waals surface area contributed by atoms with Crippen LogP contribution in [0.25, 0.3) is 0 Å². The van der Waals surface area contributed by atoms with Crippen molar-refractivity contribution in [3.8, 4) is 0 Å². The Kier molecular flexibility index (Phi) is 5.61. The van der Waals surface area contributed by atoms with Crippen LogP contribution in [0.2, 0.25) is 0 Å². The van der Waals surface area contributed by atoms with Crippen molar-refractivity contribution in [3.05, 3.63) is 47.8 Å². The van der Waals surface area contributed by atoms with Crippen LogP contribution in [-0.4, -0.2) is 38.6 Å². The maximum absolute atomic E-state index is 11.6. The molecule has 0 saturated heterocycles. The van der Waals surface area contributed by atoms with Crippen LogP contribution >= 0.6 is 0 Å². The smallest absolute Gasteiger partial charge is 0.325 e. The lowest BCUT2D eigenvalue weighted by molar-refractivity contribution is -0.138. The van der Waals surface area contributed by atoms with E-state index in [1.807, 2.05) is 30.3 Å². The third-order valence-electron chi connectivity index (χ3n) is 2.69. The summed E-state index contributed by atoms with van der Waals surface area (Å²) >= 11 is 0. The van der Waals surface area contributed by atoms with Crippen LogP contribution in [0.4, 0.5) is 0 Å². The van der Waals surface area contributed by atoms with Crippen LogP contribution in [0, 0.1) is 0 Å². The minimum absolute atomic E-state index is 0.0574. The van der Waals surface area contributed by atoms with E-state index in [1.54, 1.807) is 0 Å². The fourth-order valence-corrected chi connectivity index (χ4v) is 1.71. The second kappa shape index (κ2) is 7.89. The van der Waals surface area contributed by atoms with Gasteiger partial charge in [0.1, 0.15) is 18.8 Å². The molecule has 2 N–H and O–H groups in total. The molecule has 0 fully saturated rings. The van der Waals surface area contributed by atoms with Crippen LogP contribution in [0.1, 0.15) is 11.3 Å². The third kappa shape index (κ3) is 5.33. The largest absolute Gasteiger partial charge is 0.480 e. The zero-order valence-electron chi connectivity index (χ0n) is 11.8. The van der Waals surface area contributed by atoms with E-state index in [9.17, 15) is 9.59 Å². The summed E-state index contributed by atoms with van der Waals surface area (Å²) in [6.07, 6.45) is 1.47. The van der Waals surface area contributed by atoms with E-state index in [4.69, 9.17) is 9.84 Å². The molecule has 0 unspecified atom stereocenters. The lowest BCUT2D eigenvalue weighted by Gasteiger charge is -2.05. The van der Waals surface area contributed by atoms with E-state index < -0.39 is 5.97 Å². The molecule has 22 heavy (non-hydrogen) atoms. The zero-order chi connectivity index (χ0) is 15.8. The molecule has 8 heteroatoms. The molecule has 0 radical (unpaired) electrons. The number of carbonyl (C=O) groups excluding carboxylic acids is 1. The van der Waals surface area contributed by atoms with Gasteiger partial charge in [0, 0.05) is 0 Å². The Balaban J connectivity index is 1.67. The van der Waals surface area contributed by atoms with Gasteiger partial charge in [-0.3, -0.25) is 9.59 Å². The molecular weight excluding hydrogens is 288 g/mol. The van der Waals surface area contributed by atoms with E-state index in [2.05, 4.69) is 15.6 Å². The molecule has 0 aliphatic carbocycles. The summed E-state index contributed by atoms with van der Waals surface area (Å²) in [5, 5.41) is 18.6. The number of aliphatic carboxylic acids is 1. The van der Waals surface area contributed by atoms with Crippen molar-refractivity contribution in [3.63, 3.8) is 0 Å². The van der Waals surface area contributed by atoms with Crippen LogP contribution in [-0.2, 0) is 34.0 Å². The van der Waals surface area contributed by atoms with Gasteiger partial charge in [-0.1, -0.05) is 35.5 Å². The number of ether oxygens (including phenoxy) is 1. The van der Waals surface area contributed by atoms with Crippen LogP contribution in [0.15, 0.2) is 36.5 Å². The summed E-state index contributed by atoms with van der Waals surface area (Å²) in [5.74, 6) is -1.28. The molecule has 1 amide bonds. The van der Waals surface area contributed by atoms with Gasteiger partial charge in [0.25, 0.3) is 0 Å². The molecule has 0 saturated carbocycles. The normalized spacial score (nSPS) is 10.4. The first kappa shape index (κ1) is 15.6. The molecule has 1 aromatic heterocycles. The first-order valence-corrected chi connectivity index (χ1v) is 6.62. The summed E-state index contributed by atoms with van der Waals surface area (Å²) in [5.41, 5.74) is 1.48. The SMILES string of the molecule is O=C(O)Cn1cc(CNC(=O)COCc2ccccc2)nn1. The molecule has 116 valence electrons. The minimum atomic E-state index is -1.00. The molecule has 1 heterocycles. The summed E-state index contributed by atoms with van der Waals surface area (Å²) in [7, 11) is 0. The predicted octanol–water partition coefficient (Wildman–Crippen LogP) is 0.196. The molecule has 8 nitrogen and oxygen atoms in total. The average Bonchev–Trinajstić information content (AvgIpc) is 2.93. The van der Waals surface area contributed by atoms with Crippen molar-refractivity contribution in [2.24, 2.45) is 0 Å². The Morgan fingerprint density at radius 2 is 2.05 bits per heavy atom. The molecule has 0 spiro atoms. The number of carboxylic acids is 1. The quantitative estimate of drug-likeness (QED) is 0.721. The van der Waals surface area contributed by atoms with Crippen molar-refractivity contribution in [2.45, 2.75) is 19.7 Å². The van der Waals surface area contributed by atoms with Gasteiger partial charge < -0.3 is 15.2 Å². The summed E-state index contributed by atoms with van der Waals surface area (Å²) < 4.78 is 6.49. The van der Waals surface area contributed by atoms with Crippen LogP contribution in [0.3, 0.4) is 0 Å². The first-order chi connectivity index (χ1) is 10.6. The minimum Gasteiger partial charge on any atom is -0.480 e. The van der Waals surface area contributed by atoms with Crippen molar-refractivity contribution < 1.29 is 19.4 Å². The second-order valence-electron chi connectivity index (χ2n) is 4.56. The van der Waals surface area contributed by atoms with Crippen molar-refractivity contribution >= 4 is 11.9 Å². The Bertz CT molecular complexity index is 627. The molecule has 2 aromatic rings. The lowest BCUT2D eigenvalue weighted by atomic mass is 10.2. The number of hydrogen-bond donors (Lipinski definition) is 2. The van der Waals surface area contributed by atoms with Crippen LogP contribution in [0.5, 0.6) is 0 Å². The number of benzene rings is 1. The van der Waals surface area contributed by atoms with Gasteiger partial charge >= 0.3 is 5.97 Å². The molecule has 0 aliphatic heterocycles. The Hall–Kier alpha value is -2.74. The number of nitrogens with zero attached hydrogens (tertiary/aromatic N) is 3. The predicted molar refractivity (Wildman–Crippen MR) is 75.6 cm³/mol. The van der Waals surface area contributed by atoms with E-state index >= 15 is 0 Å². The van der Waals surface area contributed by atoms with E-state index in [0.29, 0.717) is 12.3 Å². The van der Waals surface area contributed by atoms with Crippen molar-refractivity contribution in [1.82, 2.24) is 20.3 Å². The highest BCUT2D eigenvalue weighted by molar-refractivity contribution is 5.77. The Morgan fingerprint density at radius 3 is 2.77 bits per heavy atom. The van der Waals surface area contributed by atoms with Gasteiger partial charge in [-0.25, -0.2) is 4.68 Å². The van der Waals surface area contributed by atoms with Gasteiger partial charge in [0.2, 0.25) is 5.91 Å². The highest BCUT2D eigenvalue weighted by Crippen LogP contribution is 2.00. The lowest BCUT2D eigenvalue weighted by Crippen LogP contribution is -2.27. The molecule has 2 rings (SSSR count). The molecule has 1 aromatic carbocycles. The number of carboxylic acid groups (broad SMARTS) is 1. The maximum atomic E-state index is 11.6. The number of aromatic nitrogens is 3. The Labute approximate surface area is 126 Å². The molecule has 0 atom stereocenters. The van der Waals surface area contributed by atoms with E-state index in [-0.39, 0.29) is 25.6 Å². The van der Waals surface area contributed by atoms with Crippen molar-refractivity contribution in [2.75, 3.05) is 6.61 Å². The van der Waals surface area contributed by atoms with Gasteiger partial charge in [-0.05, 0) is 5.56 Å². The number of carbonyl (C=O) groups is 2. The highest BCUT2D eigenvalue weighted by atomic mass is 16.5. The van der Waals surface area contributed by atoms with Crippen molar-refractivity contribution in [1.29, 1.82) is 0 Å². The summed E-state index contributed by atoms with van der Waals surface area (Å²) in [6, 6.07) is 9.55. The Morgan fingerprint density at radius 1 is 1.27 bits per heavy atom. The number of nitrogens with one attached hydrogen (secondary N) is 1. The summed E-state index contributed by atoms with van der Waals surface area (Å²) in [4.78, 5) is 22.1. The third-order valence-corrected chi connectivity index (χ3v) is 2.69. The average molecular weight is 304 g/mol. The summed E-state index contributed by atoms with van der Waals surface area (Å²) in [6.45, 7) is 0.218. The van der Waals surface area contributed by atoms with Gasteiger partial charge in [-0.2, -0.15) is 0 Å². The number of hydrogen-bond acceptors (Lipinski definition) is 5. The maximum Gasteiger partial charge on any atom is 0.325 e.